The molecule has 0 radical (unpaired) electrons. The molecule has 0 bridgehead atoms. The van der Waals surface area contributed by atoms with E-state index in [-0.39, 0.29) is 18.5 Å². The van der Waals surface area contributed by atoms with Gasteiger partial charge in [-0.25, -0.2) is 4.79 Å². The van der Waals surface area contributed by atoms with E-state index >= 15 is 0 Å². The van der Waals surface area contributed by atoms with Gasteiger partial charge < -0.3 is 20.2 Å². The summed E-state index contributed by atoms with van der Waals surface area (Å²) >= 11 is 0. The van der Waals surface area contributed by atoms with Gasteiger partial charge in [-0.05, 0) is 33.6 Å². The smallest absolute Gasteiger partial charge is 0.323 e. The summed E-state index contributed by atoms with van der Waals surface area (Å²) in [4.78, 5) is 37.8. The van der Waals surface area contributed by atoms with Crippen LogP contribution in [0, 0.1) is 0 Å². The van der Waals surface area contributed by atoms with Crippen LogP contribution in [0.1, 0.15) is 33.6 Å². The Morgan fingerprint density at radius 2 is 1.75 bits per heavy atom. The standard InChI is InChI=1S/C13H23N3O4/c1-9(2)16(8-11(17)18)13(20)14-10(3)12(19)15-6-4-5-7-15/h9-10H,4-8H2,1-3H3,(H,14,20)(H,17,18). The first kappa shape index (κ1) is 16.3. The number of carboxylic acids is 1. The minimum Gasteiger partial charge on any atom is -0.480 e. The number of nitrogens with zero attached hydrogens (tertiary/aromatic N) is 2. The molecule has 1 unspecified atom stereocenters. The summed E-state index contributed by atoms with van der Waals surface area (Å²) < 4.78 is 0. The summed E-state index contributed by atoms with van der Waals surface area (Å²) in [6.07, 6.45) is 1.98. The first-order valence-electron chi connectivity index (χ1n) is 6.90. The van der Waals surface area contributed by atoms with Crippen molar-refractivity contribution in [1.29, 1.82) is 0 Å². The topological polar surface area (TPSA) is 90.0 Å². The van der Waals surface area contributed by atoms with Gasteiger partial charge in [0.1, 0.15) is 12.6 Å². The van der Waals surface area contributed by atoms with Crippen LogP contribution in [0.5, 0.6) is 0 Å². The number of hydrogen-bond acceptors (Lipinski definition) is 3. The molecule has 1 heterocycles. The van der Waals surface area contributed by atoms with E-state index in [0.717, 1.165) is 25.9 Å². The average molecular weight is 285 g/mol. The molecule has 1 atom stereocenters. The van der Waals surface area contributed by atoms with Crippen LogP contribution >= 0.6 is 0 Å². The van der Waals surface area contributed by atoms with Crippen LogP contribution in [0.3, 0.4) is 0 Å². The number of carboxylic acid groups (broad SMARTS) is 1. The Hall–Kier alpha value is -1.79. The lowest BCUT2D eigenvalue weighted by atomic mass is 10.3. The zero-order chi connectivity index (χ0) is 15.3. The van der Waals surface area contributed by atoms with Crippen LogP contribution in [0.15, 0.2) is 0 Å². The number of urea groups is 1. The third kappa shape index (κ3) is 4.40. The molecule has 20 heavy (non-hydrogen) atoms. The number of nitrogens with one attached hydrogen (secondary N) is 1. The molecule has 7 heteroatoms. The Morgan fingerprint density at radius 3 is 2.20 bits per heavy atom. The summed E-state index contributed by atoms with van der Waals surface area (Å²) in [7, 11) is 0. The predicted octanol–water partition coefficient (Wildman–Crippen LogP) is 0.502. The lowest BCUT2D eigenvalue weighted by Crippen LogP contribution is -2.53. The van der Waals surface area contributed by atoms with E-state index in [0.29, 0.717) is 0 Å². The maximum absolute atomic E-state index is 12.1. The second-order valence-electron chi connectivity index (χ2n) is 5.32. The quantitative estimate of drug-likeness (QED) is 0.769. The van der Waals surface area contributed by atoms with E-state index in [2.05, 4.69) is 5.32 Å². The fraction of sp³-hybridized carbons (Fsp3) is 0.769. The van der Waals surface area contributed by atoms with E-state index in [1.54, 1.807) is 25.7 Å². The van der Waals surface area contributed by atoms with Crippen LogP contribution in [-0.2, 0) is 9.59 Å². The van der Waals surface area contributed by atoms with Crippen molar-refractivity contribution in [3.63, 3.8) is 0 Å². The fourth-order valence-electron chi connectivity index (χ4n) is 2.18. The largest absolute Gasteiger partial charge is 0.480 e. The molecular formula is C13H23N3O4. The number of hydrogen-bond donors (Lipinski definition) is 2. The van der Waals surface area contributed by atoms with E-state index in [1.807, 2.05) is 0 Å². The van der Waals surface area contributed by atoms with E-state index in [9.17, 15) is 14.4 Å². The Morgan fingerprint density at radius 1 is 1.20 bits per heavy atom. The van der Waals surface area contributed by atoms with Gasteiger partial charge in [0.05, 0.1) is 0 Å². The third-order valence-corrected chi connectivity index (χ3v) is 3.32. The average Bonchev–Trinajstić information content (AvgIpc) is 2.87. The van der Waals surface area contributed by atoms with Gasteiger partial charge in [0, 0.05) is 19.1 Å². The predicted molar refractivity (Wildman–Crippen MR) is 73.3 cm³/mol. The minimum atomic E-state index is -1.08. The fourth-order valence-corrected chi connectivity index (χ4v) is 2.18. The summed E-state index contributed by atoms with van der Waals surface area (Å²) in [5.41, 5.74) is 0. The molecule has 1 aliphatic heterocycles. The van der Waals surface area contributed by atoms with E-state index in [1.165, 1.54) is 4.90 Å². The lowest BCUT2D eigenvalue weighted by Gasteiger charge is -2.28. The van der Waals surface area contributed by atoms with Gasteiger partial charge in [-0.15, -0.1) is 0 Å². The molecule has 1 aliphatic rings. The van der Waals surface area contributed by atoms with Crippen molar-refractivity contribution >= 4 is 17.9 Å². The van der Waals surface area contributed by atoms with Gasteiger partial charge >= 0.3 is 12.0 Å². The Bertz CT molecular complexity index is 378. The molecule has 2 N–H and O–H groups in total. The number of aliphatic carboxylic acids is 1. The third-order valence-electron chi connectivity index (χ3n) is 3.32. The summed E-state index contributed by atoms with van der Waals surface area (Å²) in [6.45, 7) is 6.15. The second-order valence-corrected chi connectivity index (χ2v) is 5.32. The molecule has 1 fully saturated rings. The maximum atomic E-state index is 12.1. The molecule has 0 saturated carbocycles. The summed E-state index contributed by atoms with van der Waals surface area (Å²) in [5, 5.41) is 11.4. The van der Waals surface area contributed by atoms with Crippen molar-refractivity contribution in [2.45, 2.75) is 45.7 Å². The molecule has 0 aromatic heterocycles. The molecule has 7 nitrogen and oxygen atoms in total. The highest BCUT2D eigenvalue weighted by Crippen LogP contribution is 2.09. The molecule has 1 rings (SSSR count). The van der Waals surface area contributed by atoms with Crippen LogP contribution in [-0.4, -0.2) is 64.5 Å². The Balaban J connectivity index is 2.57. The first-order chi connectivity index (χ1) is 9.32. The van der Waals surface area contributed by atoms with Crippen LogP contribution in [0.25, 0.3) is 0 Å². The lowest BCUT2D eigenvalue weighted by molar-refractivity contribution is -0.138. The van der Waals surface area contributed by atoms with Gasteiger partial charge in [-0.1, -0.05) is 0 Å². The van der Waals surface area contributed by atoms with Gasteiger partial charge in [-0.2, -0.15) is 0 Å². The normalized spacial score (nSPS) is 16.1. The number of likely N-dealkylation sites (tertiary alicyclic amines) is 1. The highest BCUT2D eigenvalue weighted by Gasteiger charge is 2.27. The van der Waals surface area contributed by atoms with Gasteiger partial charge in [0.25, 0.3) is 0 Å². The zero-order valence-corrected chi connectivity index (χ0v) is 12.3. The molecular weight excluding hydrogens is 262 g/mol. The first-order valence-corrected chi connectivity index (χ1v) is 6.90. The molecule has 0 spiro atoms. The molecule has 114 valence electrons. The summed E-state index contributed by atoms with van der Waals surface area (Å²) in [6, 6.07) is -1.42. The molecule has 0 aromatic carbocycles. The highest BCUT2D eigenvalue weighted by molar-refractivity contribution is 5.88. The molecule has 1 saturated heterocycles. The summed E-state index contributed by atoms with van der Waals surface area (Å²) in [5.74, 6) is -1.19. The minimum absolute atomic E-state index is 0.116. The monoisotopic (exact) mass is 285 g/mol. The second kappa shape index (κ2) is 7.12. The maximum Gasteiger partial charge on any atom is 0.323 e. The van der Waals surface area contributed by atoms with Crippen molar-refractivity contribution in [3.8, 4) is 0 Å². The SMILES string of the molecule is CC(NC(=O)N(CC(=O)O)C(C)C)C(=O)N1CCCC1. The van der Waals surface area contributed by atoms with Crippen molar-refractivity contribution < 1.29 is 19.5 Å². The van der Waals surface area contributed by atoms with Crippen molar-refractivity contribution in [1.82, 2.24) is 15.1 Å². The van der Waals surface area contributed by atoms with Gasteiger partial charge in [0.2, 0.25) is 5.91 Å². The van der Waals surface area contributed by atoms with E-state index < -0.39 is 18.0 Å². The van der Waals surface area contributed by atoms with Crippen LogP contribution in [0.4, 0.5) is 4.79 Å². The van der Waals surface area contributed by atoms with Crippen LogP contribution in [0.2, 0.25) is 0 Å². The van der Waals surface area contributed by atoms with Crippen LogP contribution < -0.4 is 5.32 Å². The number of carbonyl (C=O) groups excluding carboxylic acids is 2. The van der Waals surface area contributed by atoms with Gasteiger partial charge in [-0.3, -0.25) is 9.59 Å². The van der Waals surface area contributed by atoms with Crippen molar-refractivity contribution in [3.05, 3.63) is 0 Å². The molecule has 0 aromatic rings. The number of carbonyl (C=O) groups is 3. The molecule has 3 amide bonds. The van der Waals surface area contributed by atoms with Crippen molar-refractivity contribution in [2.24, 2.45) is 0 Å². The number of rotatable bonds is 5. The van der Waals surface area contributed by atoms with Crippen molar-refractivity contribution in [2.75, 3.05) is 19.6 Å². The Kier molecular flexibility index (Phi) is 5.79. The number of amides is 3. The van der Waals surface area contributed by atoms with E-state index in [4.69, 9.17) is 5.11 Å². The Labute approximate surface area is 118 Å². The highest BCUT2D eigenvalue weighted by atomic mass is 16.4. The molecule has 0 aliphatic carbocycles. The zero-order valence-electron chi connectivity index (χ0n) is 12.3. The van der Waals surface area contributed by atoms with Gasteiger partial charge in [0.15, 0.2) is 0 Å².